The SMILES string of the molecule is O=C1CN(C(=O)c2cc3c(s2)CCSC3)CCN1. The number of rotatable bonds is 1. The Morgan fingerprint density at radius 3 is 3.11 bits per heavy atom. The van der Waals surface area contributed by atoms with E-state index in [2.05, 4.69) is 5.32 Å². The van der Waals surface area contributed by atoms with Crippen LogP contribution in [0.4, 0.5) is 0 Å². The number of amides is 2. The number of nitrogens with zero attached hydrogens (tertiary/aromatic N) is 1. The monoisotopic (exact) mass is 282 g/mol. The van der Waals surface area contributed by atoms with Crippen LogP contribution in [-0.2, 0) is 17.0 Å². The van der Waals surface area contributed by atoms with Gasteiger partial charge in [0.1, 0.15) is 0 Å². The Morgan fingerprint density at radius 2 is 2.33 bits per heavy atom. The summed E-state index contributed by atoms with van der Waals surface area (Å²) in [4.78, 5) is 27.4. The van der Waals surface area contributed by atoms with Crippen LogP contribution in [0.25, 0.3) is 0 Å². The molecule has 18 heavy (non-hydrogen) atoms. The quantitative estimate of drug-likeness (QED) is 0.839. The number of aryl methyl sites for hydroxylation is 1. The van der Waals surface area contributed by atoms with Crippen LogP contribution in [0, 0.1) is 0 Å². The Kier molecular flexibility index (Phi) is 3.30. The van der Waals surface area contributed by atoms with E-state index in [1.165, 1.54) is 10.4 Å². The maximum atomic E-state index is 12.3. The van der Waals surface area contributed by atoms with Crippen LogP contribution < -0.4 is 5.32 Å². The van der Waals surface area contributed by atoms with Crippen LogP contribution >= 0.6 is 23.1 Å². The van der Waals surface area contributed by atoms with Gasteiger partial charge in [-0.05, 0) is 23.8 Å². The number of piperazine rings is 1. The van der Waals surface area contributed by atoms with Crippen molar-refractivity contribution in [3.8, 4) is 0 Å². The van der Waals surface area contributed by atoms with Crippen molar-refractivity contribution in [1.82, 2.24) is 10.2 Å². The average Bonchev–Trinajstić information content (AvgIpc) is 2.81. The van der Waals surface area contributed by atoms with Gasteiger partial charge in [-0.15, -0.1) is 11.3 Å². The molecule has 3 heterocycles. The van der Waals surface area contributed by atoms with E-state index in [0.29, 0.717) is 13.1 Å². The highest BCUT2D eigenvalue weighted by atomic mass is 32.2. The highest BCUT2D eigenvalue weighted by molar-refractivity contribution is 7.98. The molecule has 0 atom stereocenters. The first-order chi connectivity index (χ1) is 8.74. The molecule has 2 amide bonds. The van der Waals surface area contributed by atoms with E-state index in [1.807, 2.05) is 17.8 Å². The van der Waals surface area contributed by atoms with E-state index in [9.17, 15) is 9.59 Å². The Balaban J connectivity index is 1.79. The third-order valence-corrected chi connectivity index (χ3v) is 5.40. The van der Waals surface area contributed by atoms with Gasteiger partial charge in [-0.3, -0.25) is 9.59 Å². The van der Waals surface area contributed by atoms with Crippen LogP contribution in [0.15, 0.2) is 6.07 Å². The standard InChI is InChI=1S/C12H14N2O2S2/c15-11-6-14(3-2-13-11)12(16)10-5-8-7-17-4-1-9(8)18-10/h5H,1-4,6-7H2,(H,13,15). The lowest BCUT2D eigenvalue weighted by atomic mass is 10.2. The fourth-order valence-electron chi connectivity index (χ4n) is 2.22. The number of thioether (sulfide) groups is 1. The van der Waals surface area contributed by atoms with E-state index in [0.717, 1.165) is 22.8 Å². The lowest BCUT2D eigenvalue weighted by molar-refractivity contribution is -0.123. The zero-order chi connectivity index (χ0) is 12.5. The van der Waals surface area contributed by atoms with Crippen molar-refractivity contribution in [3.05, 3.63) is 21.4 Å². The zero-order valence-electron chi connectivity index (χ0n) is 9.90. The van der Waals surface area contributed by atoms with Crippen molar-refractivity contribution in [2.45, 2.75) is 12.2 Å². The molecule has 6 heteroatoms. The molecule has 1 aromatic rings. The summed E-state index contributed by atoms with van der Waals surface area (Å²) < 4.78 is 0. The smallest absolute Gasteiger partial charge is 0.264 e. The molecule has 2 aliphatic heterocycles. The second-order valence-electron chi connectivity index (χ2n) is 4.44. The van der Waals surface area contributed by atoms with Crippen molar-refractivity contribution in [1.29, 1.82) is 0 Å². The molecular weight excluding hydrogens is 268 g/mol. The molecule has 0 saturated carbocycles. The molecule has 0 unspecified atom stereocenters. The average molecular weight is 282 g/mol. The summed E-state index contributed by atoms with van der Waals surface area (Å²) in [5.41, 5.74) is 1.31. The molecule has 0 radical (unpaired) electrons. The molecule has 1 saturated heterocycles. The minimum Gasteiger partial charge on any atom is -0.353 e. The Morgan fingerprint density at radius 1 is 1.44 bits per heavy atom. The molecule has 4 nitrogen and oxygen atoms in total. The van der Waals surface area contributed by atoms with Crippen molar-refractivity contribution in [3.63, 3.8) is 0 Å². The number of hydrogen-bond acceptors (Lipinski definition) is 4. The van der Waals surface area contributed by atoms with Gasteiger partial charge in [-0.2, -0.15) is 11.8 Å². The molecule has 0 bridgehead atoms. The first kappa shape index (κ1) is 12.0. The summed E-state index contributed by atoms with van der Waals surface area (Å²) in [6, 6.07) is 2.01. The van der Waals surface area contributed by atoms with Crippen LogP contribution in [-0.4, -0.2) is 42.1 Å². The van der Waals surface area contributed by atoms with E-state index >= 15 is 0 Å². The second-order valence-corrected chi connectivity index (χ2v) is 6.68. The number of hydrogen-bond donors (Lipinski definition) is 1. The topological polar surface area (TPSA) is 49.4 Å². The van der Waals surface area contributed by atoms with Crippen molar-refractivity contribution in [2.24, 2.45) is 0 Å². The highest BCUT2D eigenvalue weighted by Gasteiger charge is 2.25. The van der Waals surface area contributed by atoms with Crippen LogP contribution in [0.5, 0.6) is 0 Å². The first-order valence-corrected chi connectivity index (χ1v) is 7.96. The fourth-order valence-corrected chi connectivity index (χ4v) is 4.56. The summed E-state index contributed by atoms with van der Waals surface area (Å²) in [6.45, 7) is 1.36. The molecule has 1 fully saturated rings. The number of carbonyl (C=O) groups excluding carboxylic acids is 2. The summed E-state index contributed by atoms with van der Waals surface area (Å²) in [6.07, 6.45) is 1.07. The van der Waals surface area contributed by atoms with Gasteiger partial charge in [0, 0.05) is 23.7 Å². The first-order valence-electron chi connectivity index (χ1n) is 5.99. The third-order valence-electron chi connectivity index (χ3n) is 3.16. The van der Waals surface area contributed by atoms with Crippen molar-refractivity contribution < 1.29 is 9.59 Å². The van der Waals surface area contributed by atoms with Crippen LogP contribution in [0.3, 0.4) is 0 Å². The maximum absolute atomic E-state index is 12.3. The summed E-state index contributed by atoms with van der Waals surface area (Å²) in [7, 11) is 0. The largest absolute Gasteiger partial charge is 0.353 e. The fraction of sp³-hybridized carbons (Fsp3) is 0.500. The van der Waals surface area contributed by atoms with Gasteiger partial charge in [-0.25, -0.2) is 0 Å². The van der Waals surface area contributed by atoms with E-state index in [-0.39, 0.29) is 18.4 Å². The van der Waals surface area contributed by atoms with Crippen molar-refractivity contribution >= 4 is 34.9 Å². The molecule has 2 aliphatic rings. The van der Waals surface area contributed by atoms with Gasteiger partial charge in [0.25, 0.3) is 5.91 Å². The predicted octanol–water partition coefficient (Wildman–Crippen LogP) is 1.11. The molecular formula is C12H14N2O2S2. The lowest BCUT2D eigenvalue weighted by Crippen LogP contribution is -2.49. The molecule has 1 N–H and O–H groups in total. The van der Waals surface area contributed by atoms with Gasteiger partial charge in [0.05, 0.1) is 11.4 Å². The van der Waals surface area contributed by atoms with E-state index in [4.69, 9.17) is 0 Å². The molecule has 1 aromatic heterocycles. The minimum absolute atomic E-state index is 0.00856. The summed E-state index contributed by atoms with van der Waals surface area (Å²) in [5.74, 6) is 2.10. The number of thiophene rings is 1. The molecule has 0 spiro atoms. The van der Waals surface area contributed by atoms with E-state index in [1.54, 1.807) is 16.2 Å². The van der Waals surface area contributed by atoms with Gasteiger partial charge in [0.15, 0.2) is 0 Å². The number of fused-ring (bicyclic) bond motifs is 1. The third kappa shape index (κ3) is 2.27. The molecule has 0 aromatic carbocycles. The Labute approximate surface area is 114 Å². The second kappa shape index (κ2) is 4.93. The number of carbonyl (C=O) groups is 2. The highest BCUT2D eigenvalue weighted by Crippen LogP contribution is 2.32. The van der Waals surface area contributed by atoms with Gasteiger partial charge < -0.3 is 10.2 Å². The lowest BCUT2D eigenvalue weighted by Gasteiger charge is -2.26. The zero-order valence-corrected chi connectivity index (χ0v) is 11.5. The van der Waals surface area contributed by atoms with Crippen molar-refractivity contribution in [2.75, 3.05) is 25.4 Å². The Bertz CT molecular complexity index is 475. The van der Waals surface area contributed by atoms with E-state index < -0.39 is 0 Å². The van der Waals surface area contributed by atoms with Gasteiger partial charge in [0.2, 0.25) is 5.91 Å². The molecule has 3 rings (SSSR count). The summed E-state index contributed by atoms with van der Waals surface area (Å²) in [5, 5.41) is 2.73. The van der Waals surface area contributed by atoms with Gasteiger partial charge in [-0.1, -0.05) is 0 Å². The molecule has 0 aliphatic carbocycles. The number of nitrogens with one attached hydrogen (secondary N) is 1. The minimum atomic E-state index is -0.0634. The van der Waals surface area contributed by atoms with Crippen LogP contribution in [0.2, 0.25) is 0 Å². The maximum Gasteiger partial charge on any atom is 0.264 e. The van der Waals surface area contributed by atoms with Crippen LogP contribution in [0.1, 0.15) is 20.1 Å². The Hall–Kier alpha value is -1.01. The molecule has 96 valence electrons. The van der Waals surface area contributed by atoms with Gasteiger partial charge >= 0.3 is 0 Å². The summed E-state index contributed by atoms with van der Waals surface area (Å²) >= 11 is 3.52. The predicted molar refractivity (Wildman–Crippen MR) is 73.1 cm³/mol. The normalized spacial score (nSPS) is 19.3.